The van der Waals surface area contributed by atoms with Gasteiger partial charge in [0.2, 0.25) is 0 Å². The zero-order valence-corrected chi connectivity index (χ0v) is 26.1. The first-order valence-electron chi connectivity index (χ1n) is 15.3. The molecule has 0 aliphatic heterocycles. The Hall–Kier alpha value is -2.57. The Labute approximate surface area is 244 Å². The summed E-state index contributed by atoms with van der Waals surface area (Å²) in [5, 5.41) is 10.4. The summed E-state index contributed by atoms with van der Waals surface area (Å²) >= 11 is 0. The monoisotopic (exact) mass is 568 g/mol. The minimum Gasteiger partial charge on any atom is -0.478 e. The van der Waals surface area contributed by atoms with Crippen molar-refractivity contribution >= 4 is 29.3 Å². The molecule has 226 valence electrons. The zero-order chi connectivity index (χ0) is 30.7. The van der Waals surface area contributed by atoms with Crippen LogP contribution in [-0.2, 0) is 28.7 Å². The summed E-state index contributed by atoms with van der Waals surface area (Å²) in [5.41, 5.74) is 0.194. The standard InChI is InChI=1S/C34H48O7/c1-18(2)10-9-11-22(31(39)40)28-24-12-13-27-32(6)15-14-25(37)20(4)29(32)23(16-19(3)35)30(38)34(27,8)33(24,7)17-26(28)41-21(5)36/h10,20,23-24,26-27,29H,9,11-17H2,1-8H3,(H,39,40)/b28-22-/t20-,23+,24+,26+,27+,29-,32-,33+,34-/m1/s1. The second-order valence-electron chi connectivity index (χ2n) is 14.3. The Morgan fingerprint density at radius 3 is 2.27 bits per heavy atom. The average Bonchev–Trinajstić information content (AvgIpc) is 3.14. The number of aliphatic carboxylic acids is 1. The number of ether oxygens (including phenoxy) is 1. The van der Waals surface area contributed by atoms with Gasteiger partial charge in [-0.05, 0) is 93.5 Å². The molecule has 4 rings (SSSR count). The topological polar surface area (TPSA) is 115 Å². The second-order valence-corrected chi connectivity index (χ2v) is 14.3. The number of hydrogen-bond donors (Lipinski definition) is 1. The summed E-state index contributed by atoms with van der Waals surface area (Å²) in [6.07, 6.45) is 5.23. The van der Waals surface area contributed by atoms with Crippen LogP contribution in [-0.4, -0.2) is 40.5 Å². The minimum atomic E-state index is -1.01. The molecule has 0 aromatic rings. The van der Waals surface area contributed by atoms with Gasteiger partial charge in [0.1, 0.15) is 23.5 Å². The molecular weight excluding hydrogens is 520 g/mol. The first-order chi connectivity index (χ1) is 19.0. The molecule has 0 unspecified atom stereocenters. The molecule has 1 N–H and O–H groups in total. The molecule has 0 bridgehead atoms. The van der Waals surface area contributed by atoms with Crippen molar-refractivity contribution in [2.45, 2.75) is 113 Å². The van der Waals surface area contributed by atoms with E-state index in [4.69, 9.17) is 4.74 Å². The fourth-order valence-corrected chi connectivity index (χ4v) is 10.2. The van der Waals surface area contributed by atoms with E-state index in [-0.39, 0.29) is 58.4 Å². The molecule has 41 heavy (non-hydrogen) atoms. The van der Waals surface area contributed by atoms with E-state index in [9.17, 15) is 29.1 Å². The maximum atomic E-state index is 14.9. The van der Waals surface area contributed by atoms with E-state index in [2.05, 4.69) is 13.8 Å². The first kappa shape index (κ1) is 31.4. The third-order valence-corrected chi connectivity index (χ3v) is 11.9. The highest BCUT2D eigenvalue weighted by molar-refractivity contribution is 5.95. The van der Waals surface area contributed by atoms with Crippen LogP contribution in [0, 0.1) is 45.8 Å². The Bertz CT molecular complexity index is 1220. The van der Waals surface area contributed by atoms with Gasteiger partial charge in [-0.25, -0.2) is 4.79 Å². The van der Waals surface area contributed by atoms with E-state index < -0.39 is 34.8 Å². The van der Waals surface area contributed by atoms with E-state index in [0.717, 1.165) is 12.0 Å². The van der Waals surface area contributed by atoms with Gasteiger partial charge in [0.15, 0.2) is 0 Å². The van der Waals surface area contributed by atoms with Gasteiger partial charge in [0.25, 0.3) is 0 Å². The molecule has 4 aliphatic carbocycles. The molecule has 7 nitrogen and oxygen atoms in total. The van der Waals surface area contributed by atoms with E-state index >= 15 is 0 Å². The fourth-order valence-electron chi connectivity index (χ4n) is 10.2. The van der Waals surface area contributed by atoms with Crippen molar-refractivity contribution in [2.75, 3.05) is 0 Å². The van der Waals surface area contributed by atoms with Crippen molar-refractivity contribution in [1.82, 2.24) is 0 Å². The van der Waals surface area contributed by atoms with Gasteiger partial charge in [-0.2, -0.15) is 0 Å². The van der Waals surface area contributed by atoms with Gasteiger partial charge in [0.05, 0.1) is 0 Å². The van der Waals surface area contributed by atoms with Crippen LogP contribution >= 0.6 is 0 Å². The lowest BCUT2D eigenvalue weighted by Gasteiger charge is -2.67. The van der Waals surface area contributed by atoms with Crippen molar-refractivity contribution in [3.63, 3.8) is 0 Å². The number of carbonyl (C=O) groups excluding carboxylic acids is 4. The van der Waals surface area contributed by atoms with E-state index in [1.807, 2.05) is 33.8 Å². The van der Waals surface area contributed by atoms with Crippen molar-refractivity contribution in [3.8, 4) is 0 Å². The molecule has 4 saturated carbocycles. The largest absolute Gasteiger partial charge is 0.478 e. The summed E-state index contributed by atoms with van der Waals surface area (Å²) in [6, 6.07) is 0. The van der Waals surface area contributed by atoms with Crippen LogP contribution in [0.25, 0.3) is 0 Å². The maximum absolute atomic E-state index is 14.9. The highest BCUT2D eigenvalue weighted by Crippen LogP contribution is 2.74. The molecule has 4 fully saturated rings. The quantitative estimate of drug-likeness (QED) is 0.218. The number of esters is 1. The van der Waals surface area contributed by atoms with Gasteiger partial charge in [-0.15, -0.1) is 0 Å². The molecular formula is C34H48O7. The third-order valence-electron chi connectivity index (χ3n) is 11.9. The van der Waals surface area contributed by atoms with Crippen LogP contribution in [0.4, 0.5) is 0 Å². The van der Waals surface area contributed by atoms with Gasteiger partial charge in [0, 0.05) is 42.6 Å². The lowest BCUT2D eigenvalue weighted by molar-refractivity contribution is -0.204. The van der Waals surface area contributed by atoms with E-state index in [1.165, 1.54) is 13.8 Å². The predicted molar refractivity (Wildman–Crippen MR) is 155 cm³/mol. The second kappa shape index (κ2) is 10.9. The molecule has 4 aliphatic rings. The Kier molecular flexibility index (Phi) is 8.36. The predicted octanol–water partition coefficient (Wildman–Crippen LogP) is 6.29. The van der Waals surface area contributed by atoms with Crippen LogP contribution in [0.3, 0.4) is 0 Å². The van der Waals surface area contributed by atoms with Crippen molar-refractivity contribution in [1.29, 1.82) is 0 Å². The van der Waals surface area contributed by atoms with Crippen LogP contribution in [0.1, 0.15) is 107 Å². The minimum absolute atomic E-state index is 0.0243. The van der Waals surface area contributed by atoms with Crippen LogP contribution in [0.15, 0.2) is 22.8 Å². The summed E-state index contributed by atoms with van der Waals surface area (Å²) in [6.45, 7) is 15.1. The highest BCUT2D eigenvalue weighted by atomic mass is 16.5. The number of rotatable bonds is 7. The Morgan fingerprint density at radius 2 is 1.71 bits per heavy atom. The number of fused-ring (bicyclic) bond motifs is 5. The van der Waals surface area contributed by atoms with Crippen LogP contribution in [0.5, 0.6) is 0 Å². The zero-order valence-electron chi connectivity index (χ0n) is 26.1. The van der Waals surface area contributed by atoms with Crippen molar-refractivity contribution in [3.05, 3.63) is 22.8 Å². The smallest absolute Gasteiger partial charge is 0.331 e. The molecule has 0 aromatic heterocycles. The van der Waals surface area contributed by atoms with Crippen LogP contribution in [0.2, 0.25) is 0 Å². The van der Waals surface area contributed by atoms with Gasteiger partial charge in [-0.1, -0.05) is 39.3 Å². The number of carboxylic acid groups (broad SMARTS) is 1. The number of hydrogen-bond acceptors (Lipinski definition) is 6. The molecule has 0 spiro atoms. The number of ketones is 3. The maximum Gasteiger partial charge on any atom is 0.331 e. The Balaban J connectivity index is 1.91. The number of carbonyl (C=O) groups is 5. The molecule has 9 atom stereocenters. The summed E-state index contributed by atoms with van der Waals surface area (Å²) in [7, 11) is 0. The van der Waals surface area contributed by atoms with Crippen molar-refractivity contribution in [2.24, 2.45) is 45.8 Å². The first-order valence-corrected chi connectivity index (χ1v) is 15.3. The number of carboxylic acids is 1. The normalized spacial score (nSPS) is 41.1. The van der Waals surface area contributed by atoms with Crippen LogP contribution < -0.4 is 0 Å². The summed E-state index contributed by atoms with van der Waals surface area (Å²) < 4.78 is 5.87. The summed E-state index contributed by atoms with van der Waals surface area (Å²) in [5.74, 6) is -2.67. The third kappa shape index (κ3) is 4.85. The number of Topliss-reactive ketones (excluding diaryl/α,β-unsaturated/α-hetero) is 3. The highest BCUT2D eigenvalue weighted by Gasteiger charge is 2.73. The molecule has 0 heterocycles. The SMILES string of the molecule is CC(=O)C[C@@H]1C(=O)[C@@]2(C)[C@@H](CC[C@H]3/C(=C(\CCC=C(C)C)C(=O)O)[C@@H](OC(C)=O)C[C@@]32C)[C@@]2(C)CCC(=O)[C@@H](C)[C@H]12. The van der Waals surface area contributed by atoms with Gasteiger partial charge < -0.3 is 14.6 Å². The lowest BCUT2D eigenvalue weighted by Crippen LogP contribution is -2.68. The molecule has 7 heteroatoms. The van der Waals surface area contributed by atoms with E-state index in [1.54, 1.807) is 0 Å². The lowest BCUT2D eigenvalue weighted by atomic mass is 9.34. The average molecular weight is 569 g/mol. The Morgan fingerprint density at radius 1 is 1.05 bits per heavy atom. The van der Waals surface area contributed by atoms with Gasteiger partial charge in [-0.3, -0.25) is 14.4 Å². The molecule has 0 saturated heterocycles. The summed E-state index contributed by atoms with van der Waals surface area (Å²) in [4.78, 5) is 65.5. The molecule has 0 radical (unpaired) electrons. The molecule has 0 amide bonds. The van der Waals surface area contributed by atoms with Gasteiger partial charge >= 0.3 is 11.9 Å². The number of allylic oxidation sites excluding steroid dienone is 2. The molecule has 0 aromatic carbocycles. The van der Waals surface area contributed by atoms with E-state index in [0.29, 0.717) is 44.1 Å². The van der Waals surface area contributed by atoms with Crippen molar-refractivity contribution < 1.29 is 33.8 Å². The fraction of sp³-hybridized carbons (Fsp3) is 0.735.